The monoisotopic (exact) mass is 268 g/mol. The van der Waals surface area contributed by atoms with Crippen molar-refractivity contribution >= 4 is 17.9 Å². The molecule has 1 fully saturated rings. The lowest BCUT2D eigenvalue weighted by Gasteiger charge is -2.36. The minimum absolute atomic E-state index is 0.713. The normalized spacial score (nSPS) is 15.2. The van der Waals surface area contributed by atoms with Crippen molar-refractivity contribution in [3.63, 3.8) is 0 Å². The lowest BCUT2D eigenvalue weighted by Crippen LogP contribution is -2.47. The zero-order chi connectivity index (χ0) is 13.8. The van der Waals surface area contributed by atoms with Gasteiger partial charge in [0, 0.05) is 49.8 Å². The number of aldehydes is 1. The maximum Gasteiger partial charge on any atom is 0.225 e. The molecule has 102 valence electrons. The van der Waals surface area contributed by atoms with Gasteiger partial charge in [-0.1, -0.05) is 0 Å². The molecular weight excluding hydrogens is 252 g/mol. The Morgan fingerprint density at radius 1 is 0.900 bits per heavy atom. The number of carbonyl (C=O) groups excluding carboxylic acids is 1. The number of nitrogens with zero attached hydrogens (tertiary/aromatic N) is 4. The molecule has 20 heavy (non-hydrogen) atoms. The van der Waals surface area contributed by atoms with Crippen LogP contribution < -0.4 is 9.80 Å². The van der Waals surface area contributed by atoms with Gasteiger partial charge in [-0.2, -0.15) is 0 Å². The van der Waals surface area contributed by atoms with Crippen LogP contribution in [0.5, 0.6) is 0 Å². The summed E-state index contributed by atoms with van der Waals surface area (Å²) in [5.41, 5.74) is 1.87. The molecule has 1 aliphatic rings. The smallest absolute Gasteiger partial charge is 0.225 e. The summed E-state index contributed by atoms with van der Waals surface area (Å²) in [6.07, 6.45) is 4.41. The molecule has 5 heteroatoms. The summed E-state index contributed by atoms with van der Waals surface area (Å²) in [4.78, 5) is 23.7. The van der Waals surface area contributed by atoms with Crippen molar-refractivity contribution in [3.8, 4) is 0 Å². The first kappa shape index (κ1) is 12.6. The fourth-order valence-electron chi connectivity index (χ4n) is 2.38. The van der Waals surface area contributed by atoms with E-state index in [0.29, 0.717) is 5.56 Å². The maximum atomic E-state index is 10.7. The van der Waals surface area contributed by atoms with Gasteiger partial charge in [-0.3, -0.25) is 4.79 Å². The van der Waals surface area contributed by atoms with E-state index in [4.69, 9.17) is 0 Å². The predicted molar refractivity (Wildman–Crippen MR) is 78.3 cm³/mol. The van der Waals surface area contributed by atoms with Crippen molar-refractivity contribution in [3.05, 3.63) is 48.3 Å². The lowest BCUT2D eigenvalue weighted by atomic mass is 10.2. The second kappa shape index (κ2) is 5.69. The largest absolute Gasteiger partial charge is 0.368 e. The number of carbonyl (C=O) groups is 1. The molecule has 1 aromatic carbocycles. The van der Waals surface area contributed by atoms with Crippen LogP contribution in [0.2, 0.25) is 0 Å². The van der Waals surface area contributed by atoms with Gasteiger partial charge < -0.3 is 9.80 Å². The van der Waals surface area contributed by atoms with Crippen LogP contribution in [0.25, 0.3) is 0 Å². The Bertz CT molecular complexity index is 562. The Labute approximate surface area is 117 Å². The Kier molecular flexibility index (Phi) is 3.58. The third-order valence-electron chi connectivity index (χ3n) is 3.51. The van der Waals surface area contributed by atoms with Gasteiger partial charge in [0.25, 0.3) is 0 Å². The number of anilines is 2. The molecule has 5 nitrogen and oxygen atoms in total. The van der Waals surface area contributed by atoms with Crippen LogP contribution in [-0.2, 0) is 0 Å². The number of piperazine rings is 1. The summed E-state index contributed by atoms with van der Waals surface area (Å²) >= 11 is 0. The summed E-state index contributed by atoms with van der Waals surface area (Å²) in [6, 6.07) is 9.54. The molecule has 0 unspecified atom stereocenters. The van der Waals surface area contributed by atoms with Gasteiger partial charge in [0.2, 0.25) is 5.95 Å². The van der Waals surface area contributed by atoms with E-state index in [1.807, 2.05) is 30.3 Å². The third-order valence-corrected chi connectivity index (χ3v) is 3.51. The molecule has 0 bridgehead atoms. The van der Waals surface area contributed by atoms with E-state index in [9.17, 15) is 4.79 Å². The van der Waals surface area contributed by atoms with E-state index in [2.05, 4.69) is 19.8 Å². The molecular formula is C15H16N4O. The summed E-state index contributed by atoms with van der Waals surface area (Å²) in [5.74, 6) is 0.795. The zero-order valence-electron chi connectivity index (χ0n) is 11.1. The highest BCUT2D eigenvalue weighted by atomic mass is 16.1. The van der Waals surface area contributed by atoms with Crippen LogP contribution >= 0.6 is 0 Å². The van der Waals surface area contributed by atoms with Gasteiger partial charge >= 0.3 is 0 Å². The summed E-state index contributed by atoms with van der Waals surface area (Å²) in [7, 11) is 0. The van der Waals surface area contributed by atoms with Crippen molar-refractivity contribution in [2.24, 2.45) is 0 Å². The number of rotatable bonds is 3. The van der Waals surface area contributed by atoms with E-state index in [1.165, 1.54) is 0 Å². The fourth-order valence-corrected chi connectivity index (χ4v) is 2.38. The van der Waals surface area contributed by atoms with E-state index >= 15 is 0 Å². The van der Waals surface area contributed by atoms with Crippen LogP contribution in [0, 0.1) is 0 Å². The van der Waals surface area contributed by atoms with Crippen LogP contribution in [0.1, 0.15) is 10.4 Å². The van der Waals surface area contributed by atoms with Crippen LogP contribution in [-0.4, -0.2) is 42.4 Å². The fraction of sp³-hybridized carbons (Fsp3) is 0.267. The molecule has 0 N–H and O–H groups in total. The minimum Gasteiger partial charge on any atom is -0.368 e. The average Bonchev–Trinajstić information content (AvgIpc) is 2.56. The zero-order valence-corrected chi connectivity index (χ0v) is 11.1. The lowest BCUT2D eigenvalue weighted by molar-refractivity contribution is 0.112. The highest BCUT2D eigenvalue weighted by molar-refractivity contribution is 5.75. The number of aromatic nitrogens is 2. The Balaban J connectivity index is 1.64. The molecule has 0 aliphatic carbocycles. The van der Waals surface area contributed by atoms with Crippen molar-refractivity contribution < 1.29 is 4.79 Å². The number of hydrogen-bond donors (Lipinski definition) is 0. The van der Waals surface area contributed by atoms with Gasteiger partial charge in [-0.15, -0.1) is 0 Å². The maximum absolute atomic E-state index is 10.7. The van der Waals surface area contributed by atoms with Gasteiger partial charge in [0.15, 0.2) is 0 Å². The first-order valence-corrected chi connectivity index (χ1v) is 6.69. The Morgan fingerprint density at radius 2 is 1.50 bits per heavy atom. The second-order valence-corrected chi connectivity index (χ2v) is 4.73. The molecule has 2 aromatic rings. The Morgan fingerprint density at radius 3 is 2.10 bits per heavy atom. The van der Waals surface area contributed by atoms with Gasteiger partial charge in [-0.05, 0) is 30.3 Å². The SMILES string of the molecule is O=Cc1ccc(N2CCN(c3ncccn3)CC2)cc1. The average molecular weight is 268 g/mol. The van der Waals surface area contributed by atoms with Crippen molar-refractivity contribution in [2.45, 2.75) is 0 Å². The minimum atomic E-state index is 0.713. The molecule has 3 rings (SSSR count). The summed E-state index contributed by atoms with van der Waals surface area (Å²) in [5, 5.41) is 0. The van der Waals surface area contributed by atoms with Crippen molar-refractivity contribution in [2.75, 3.05) is 36.0 Å². The summed E-state index contributed by atoms with van der Waals surface area (Å²) < 4.78 is 0. The first-order chi connectivity index (χ1) is 9.86. The molecule has 1 aliphatic heterocycles. The topological polar surface area (TPSA) is 49.3 Å². The molecule has 0 amide bonds. The van der Waals surface area contributed by atoms with Gasteiger partial charge in [0.05, 0.1) is 0 Å². The first-order valence-electron chi connectivity index (χ1n) is 6.69. The molecule has 1 saturated heterocycles. The van der Waals surface area contributed by atoms with Crippen LogP contribution in [0.4, 0.5) is 11.6 Å². The van der Waals surface area contributed by atoms with Crippen molar-refractivity contribution in [1.82, 2.24) is 9.97 Å². The number of hydrogen-bond acceptors (Lipinski definition) is 5. The van der Waals surface area contributed by atoms with E-state index < -0.39 is 0 Å². The molecule has 0 atom stereocenters. The third kappa shape index (κ3) is 2.61. The van der Waals surface area contributed by atoms with E-state index in [1.54, 1.807) is 12.4 Å². The highest BCUT2D eigenvalue weighted by Gasteiger charge is 2.18. The number of benzene rings is 1. The summed E-state index contributed by atoms with van der Waals surface area (Å²) in [6.45, 7) is 3.66. The second-order valence-electron chi connectivity index (χ2n) is 4.73. The van der Waals surface area contributed by atoms with Gasteiger partial charge in [0.1, 0.15) is 6.29 Å². The van der Waals surface area contributed by atoms with Crippen LogP contribution in [0.3, 0.4) is 0 Å². The van der Waals surface area contributed by atoms with E-state index in [-0.39, 0.29) is 0 Å². The molecule has 2 heterocycles. The highest BCUT2D eigenvalue weighted by Crippen LogP contribution is 2.18. The molecule has 0 radical (unpaired) electrons. The predicted octanol–water partition coefficient (Wildman–Crippen LogP) is 1.62. The Hall–Kier alpha value is -2.43. The molecule has 0 spiro atoms. The van der Waals surface area contributed by atoms with Crippen molar-refractivity contribution in [1.29, 1.82) is 0 Å². The van der Waals surface area contributed by atoms with E-state index in [0.717, 1.165) is 44.1 Å². The molecule has 1 aromatic heterocycles. The molecule has 0 saturated carbocycles. The standard InChI is InChI=1S/C15H16N4O/c20-12-13-2-4-14(5-3-13)18-8-10-19(11-9-18)15-16-6-1-7-17-15/h1-7,12H,8-11H2. The van der Waals surface area contributed by atoms with Gasteiger partial charge in [-0.25, -0.2) is 9.97 Å². The quantitative estimate of drug-likeness (QED) is 0.792. The van der Waals surface area contributed by atoms with Crippen LogP contribution in [0.15, 0.2) is 42.7 Å².